The molecule has 1 atom stereocenters. The molecule has 148 valence electrons. The molecular weight excluding hydrogens is 398 g/mol. The van der Waals surface area contributed by atoms with Crippen LogP contribution >= 0.6 is 23.4 Å². The van der Waals surface area contributed by atoms with E-state index in [2.05, 4.69) is 10.2 Å². The average Bonchev–Trinajstić information content (AvgIpc) is 3.07. The highest BCUT2D eigenvalue weighted by Crippen LogP contribution is 2.30. The number of hydrogen-bond donors (Lipinski definition) is 0. The molecule has 28 heavy (non-hydrogen) atoms. The van der Waals surface area contributed by atoms with Crippen LogP contribution in [0.25, 0.3) is 0 Å². The minimum absolute atomic E-state index is 0.270. The molecule has 0 fully saturated rings. The number of hydrogen-bond acceptors (Lipinski definition) is 6. The lowest BCUT2D eigenvalue weighted by molar-refractivity contribution is 0.202. The van der Waals surface area contributed by atoms with Gasteiger partial charge in [-0.15, -0.1) is 10.2 Å². The highest BCUT2D eigenvalue weighted by atomic mass is 35.5. The number of aromatic nitrogens is 3. The van der Waals surface area contributed by atoms with Crippen molar-refractivity contribution >= 4 is 23.4 Å². The monoisotopic (exact) mass is 419 g/mol. The standard InChI is InChI=1S/C20H22ClN3O3S/c1-14(27-18-7-5-4-6-17(18)25-3)19-22-23-20(24(19)2)28-13-12-26-16-10-8-15(21)9-11-16/h4-11,14H,12-13H2,1-3H3. The highest BCUT2D eigenvalue weighted by Gasteiger charge is 2.18. The van der Waals surface area contributed by atoms with Crippen LogP contribution < -0.4 is 14.2 Å². The minimum Gasteiger partial charge on any atom is -0.493 e. The third-order valence-electron chi connectivity index (χ3n) is 4.00. The Morgan fingerprint density at radius 1 is 1.07 bits per heavy atom. The summed E-state index contributed by atoms with van der Waals surface area (Å²) in [5.74, 6) is 3.64. The normalized spacial score (nSPS) is 11.9. The first-order valence-corrected chi connectivity index (χ1v) is 10.1. The van der Waals surface area contributed by atoms with Crippen LogP contribution in [-0.4, -0.2) is 34.2 Å². The Morgan fingerprint density at radius 2 is 1.79 bits per heavy atom. The van der Waals surface area contributed by atoms with Crippen molar-refractivity contribution in [2.75, 3.05) is 19.5 Å². The van der Waals surface area contributed by atoms with Gasteiger partial charge in [-0.05, 0) is 43.3 Å². The first-order chi connectivity index (χ1) is 13.6. The van der Waals surface area contributed by atoms with Crippen LogP contribution in [0.2, 0.25) is 5.02 Å². The molecule has 0 aliphatic heterocycles. The van der Waals surface area contributed by atoms with Crippen LogP contribution in [0.15, 0.2) is 53.7 Å². The van der Waals surface area contributed by atoms with E-state index in [0.29, 0.717) is 23.1 Å². The van der Waals surface area contributed by atoms with Crippen molar-refractivity contribution in [2.45, 2.75) is 18.2 Å². The molecule has 3 aromatic rings. The van der Waals surface area contributed by atoms with Gasteiger partial charge in [-0.2, -0.15) is 0 Å². The fourth-order valence-electron chi connectivity index (χ4n) is 2.59. The minimum atomic E-state index is -0.270. The summed E-state index contributed by atoms with van der Waals surface area (Å²) in [5.41, 5.74) is 0. The van der Waals surface area contributed by atoms with Gasteiger partial charge < -0.3 is 18.8 Å². The zero-order chi connectivity index (χ0) is 19.9. The summed E-state index contributed by atoms with van der Waals surface area (Å²) in [7, 11) is 3.55. The molecule has 0 aliphatic rings. The number of nitrogens with zero attached hydrogens (tertiary/aromatic N) is 3. The van der Waals surface area contributed by atoms with Crippen LogP contribution in [0.4, 0.5) is 0 Å². The summed E-state index contributed by atoms with van der Waals surface area (Å²) in [5, 5.41) is 10.1. The summed E-state index contributed by atoms with van der Waals surface area (Å²) in [6, 6.07) is 14.9. The van der Waals surface area contributed by atoms with E-state index in [-0.39, 0.29) is 6.10 Å². The van der Waals surface area contributed by atoms with Gasteiger partial charge in [0, 0.05) is 17.8 Å². The van der Waals surface area contributed by atoms with E-state index in [1.807, 2.05) is 67.1 Å². The fraction of sp³-hybridized carbons (Fsp3) is 0.300. The number of methoxy groups -OCH3 is 1. The quantitative estimate of drug-likeness (QED) is 0.367. The average molecular weight is 420 g/mol. The first-order valence-electron chi connectivity index (χ1n) is 8.78. The first kappa shape index (κ1) is 20.4. The Labute approximate surface area is 173 Å². The van der Waals surface area contributed by atoms with Gasteiger partial charge in [0.15, 0.2) is 28.6 Å². The Balaban J connectivity index is 1.54. The van der Waals surface area contributed by atoms with E-state index in [9.17, 15) is 0 Å². The van der Waals surface area contributed by atoms with Gasteiger partial charge in [-0.25, -0.2) is 0 Å². The smallest absolute Gasteiger partial charge is 0.191 e. The number of halogens is 1. The van der Waals surface area contributed by atoms with Crippen molar-refractivity contribution in [1.82, 2.24) is 14.8 Å². The third kappa shape index (κ3) is 5.11. The van der Waals surface area contributed by atoms with Crippen molar-refractivity contribution < 1.29 is 14.2 Å². The Morgan fingerprint density at radius 3 is 2.50 bits per heavy atom. The van der Waals surface area contributed by atoms with Crippen LogP contribution in [0.1, 0.15) is 18.9 Å². The highest BCUT2D eigenvalue weighted by molar-refractivity contribution is 7.99. The van der Waals surface area contributed by atoms with E-state index in [4.69, 9.17) is 25.8 Å². The van der Waals surface area contributed by atoms with Gasteiger partial charge in [0.2, 0.25) is 0 Å². The van der Waals surface area contributed by atoms with Crippen molar-refractivity contribution in [3.8, 4) is 17.2 Å². The second kappa shape index (κ2) is 9.71. The third-order valence-corrected chi connectivity index (χ3v) is 5.24. The van der Waals surface area contributed by atoms with E-state index in [1.54, 1.807) is 18.9 Å². The molecule has 1 aromatic heterocycles. The molecule has 2 aromatic carbocycles. The van der Waals surface area contributed by atoms with Gasteiger partial charge in [-0.3, -0.25) is 0 Å². The number of thioether (sulfide) groups is 1. The predicted octanol–water partition coefficient (Wildman–Crippen LogP) is 4.79. The van der Waals surface area contributed by atoms with Gasteiger partial charge in [0.25, 0.3) is 0 Å². The molecule has 8 heteroatoms. The van der Waals surface area contributed by atoms with Crippen molar-refractivity contribution in [1.29, 1.82) is 0 Å². The number of rotatable bonds is 9. The van der Waals surface area contributed by atoms with Gasteiger partial charge in [-0.1, -0.05) is 35.5 Å². The molecule has 0 saturated carbocycles. The lowest BCUT2D eigenvalue weighted by atomic mass is 10.3. The van der Waals surface area contributed by atoms with Gasteiger partial charge in [0.05, 0.1) is 13.7 Å². The van der Waals surface area contributed by atoms with Crippen molar-refractivity contribution in [3.05, 3.63) is 59.4 Å². The fourth-order valence-corrected chi connectivity index (χ4v) is 3.45. The molecule has 6 nitrogen and oxygen atoms in total. The van der Waals surface area contributed by atoms with Crippen molar-refractivity contribution in [2.24, 2.45) is 7.05 Å². The SMILES string of the molecule is COc1ccccc1OC(C)c1nnc(SCCOc2ccc(Cl)cc2)n1C. The van der Waals surface area contributed by atoms with E-state index >= 15 is 0 Å². The summed E-state index contributed by atoms with van der Waals surface area (Å²) in [4.78, 5) is 0. The van der Waals surface area contributed by atoms with Gasteiger partial charge >= 0.3 is 0 Å². The largest absolute Gasteiger partial charge is 0.493 e. The van der Waals surface area contributed by atoms with E-state index in [0.717, 1.165) is 22.5 Å². The Kier molecular flexibility index (Phi) is 7.06. The van der Waals surface area contributed by atoms with E-state index in [1.165, 1.54) is 0 Å². The van der Waals surface area contributed by atoms with Crippen LogP contribution in [0, 0.1) is 0 Å². The summed E-state index contributed by atoms with van der Waals surface area (Å²) in [6.45, 7) is 2.50. The molecule has 0 bridgehead atoms. The molecular formula is C20H22ClN3O3S. The molecule has 0 aliphatic carbocycles. The van der Waals surface area contributed by atoms with Crippen LogP contribution in [0.3, 0.4) is 0 Å². The maximum atomic E-state index is 6.02. The number of benzene rings is 2. The maximum absolute atomic E-state index is 6.02. The summed E-state index contributed by atoms with van der Waals surface area (Å²) >= 11 is 7.45. The number of para-hydroxylation sites is 2. The molecule has 3 rings (SSSR count). The molecule has 0 spiro atoms. The van der Waals surface area contributed by atoms with Crippen LogP contribution in [0.5, 0.6) is 17.2 Å². The molecule has 1 heterocycles. The summed E-state index contributed by atoms with van der Waals surface area (Å²) < 4.78 is 19.0. The predicted molar refractivity (Wildman–Crippen MR) is 111 cm³/mol. The molecule has 0 radical (unpaired) electrons. The lowest BCUT2D eigenvalue weighted by Gasteiger charge is -2.16. The Hall–Kier alpha value is -2.38. The van der Waals surface area contributed by atoms with Crippen LogP contribution in [-0.2, 0) is 7.05 Å². The second-order valence-electron chi connectivity index (χ2n) is 5.96. The molecule has 1 unspecified atom stereocenters. The van der Waals surface area contributed by atoms with Crippen molar-refractivity contribution in [3.63, 3.8) is 0 Å². The van der Waals surface area contributed by atoms with E-state index < -0.39 is 0 Å². The lowest BCUT2D eigenvalue weighted by Crippen LogP contribution is -2.10. The van der Waals surface area contributed by atoms with Gasteiger partial charge in [0.1, 0.15) is 5.75 Å². The second-order valence-corrected chi connectivity index (χ2v) is 7.46. The number of ether oxygens (including phenoxy) is 3. The zero-order valence-electron chi connectivity index (χ0n) is 16.0. The molecule has 0 saturated heterocycles. The topological polar surface area (TPSA) is 58.4 Å². The summed E-state index contributed by atoms with van der Waals surface area (Å²) in [6.07, 6.45) is -0.270. The molecule has 0 amide bonds. The maximum Gasteiger partial charge on any atom is 0.191 e. The zero-order valence-corrected chi connectivity index (χ0v) is 17.5. The Bertz CT molecular complexity index is 902. The molecule has 0 N–H and O–H groups in total.